The van der Waals surface area contributed by atoms with Crippen molar-refractivity contribution < 1.29 is 19.1 Å². The maximum absolute atomic E-state index is 12.3. The van der Waals surface area contributed by atoms with Crippen LogP contribution in [0.15, 0.2) is 48.5 Å². The van der Waals surface area contributed by atoms with Crippen molar-refractivity contribution in [1.82, 2.24) is 0 Å². The second-order valence-electron chi connectivity index (χ2n) is 5.38. The van der Waals surface area contributed by atoms with Gasteiger partial charge in [0.05, 0.1) is 5.56 Å². The Hall–Kier alpha value is -2.95. The highest BCUT2D eigenvalue weighted by atomic mass is 16.5. The van der Waals surface area contributed by atoms with E-state index in [1.54, 1.807) is 36.4 Å². The largest absolute Gasteiger partial charge is 0.448 e. The Morgan fingerprint density at radius 1 is 1.13 bits per heavy atom. The second kappa shape index (κ2) is 6.04. The first-order chi connectivity index (χ1) is 11.0. The summed E-state index contributed by atoms with van der Waals surface area (Å²) < 4.78 is 5.21. The van der Waals surface area contributed by atoms with Gasteiger partial charge in [0.2, 0.25) is 0 Å². The van der Waals surface area contributed by atoms with E-state index in [2.05, 4.69) is 5.32 Å². The number of nitrogens with one attached hydrogen (secondary N) is 1. The molecule has 0 saturated carbocycles. The third kappa shape index (κ3) is 3.13. The van der Waals surface area contributed by atoms with Crippen molar-refractivity contribution in [3.8, 4) is 0 Å². The van der Waals surface area contributed by atoms with Gasteiger partial charge in [-0.3, -0.25) is 9.59 Å². The highest BCUT2D eigenvalue weighted by Crippen LogP contribution is 2.21. The molecule has 1 amide bonds. The van der Waals surface area contributed by atoms with Gasteiger partial charge < -0.3 is 10.1 Å². The van der Waals surface area contributed by atoms with Crippen LogP contribution in [0.1, 0.15) is 33.2 Å². The number of anilines is 1. The fraction of sp³-hybridized carbons (Fsp3) is 0.167. The van der Waals surface area contributed by atoms with Crippen LogP contribution in [0, 0.1) is 0 Å². The van der Waals surface area contributed by atoms with Gasteiger partial charge in [0, 0.05) is 17.7 Å². The summed E-state index contributed by atoms with van der Waals surface area (Å²) in [6.07, 6.45) is -0.543. The number of amides is 1. The molecule has 0 saturated heterocycles. The van der Waals surface area contributed by atoms with Gasteiger partial charge in [-0.2, -0.15) is 0 Å². The predicted octanol–water partition coefficient (Wildman–Crippen LogP) is 2.61. The lowest BCUT2D eigenvalue weighted by Crippen LogP contribution is -2.37. The summed E-state index contributed by atoms with van der Waals surface area (Å²) >= 11 is 0. The van der Waals surface area contributed by atoms with Crippen LogP contribution >= 0.6 is 0 Å². The zero-order valence-electron chi connectivity index (χ0n) is 12.5. The number of cyclic esters (lactones) is 1. The first-order valence-electron chi connectivity index (χ1n) is 7.25. The first kappa shape index (κ1) is 15.0. The Balaban J connectivity index is 1.76. The molecule has 0 bridgehead atoms. The Kier molecular flexibility index (Phi) is 3.93. The molecule has 1 N–H and O–H groups in total. The molecule has 1 atom stereocenters. The van der Waals surface area contributed by atoms with Crippen LogP contribution in [-0.2, 0) is 16.0 Å². The number of ether oxygens (including phenoxy) is 1. The SMILES string of the molecule is CC(=O)c1cccc(NC(=O)[C@H]2Cc3ccccc3C(=O)O2)c1. The number of ketones is 1. The molecule has 0 aliphatic carbocycles. The summed E-state index contributed by atoms with van der Waals surface area (Å²) in [6, 6.07) is 13.7. The summed E-state index contributed by atoms with van der Waals surface area (Å²) in [5.74, 6) is -0.989. The zero-order chi connectivity index (χ0) is 16.4. The minimum Gasteiger partial charge on any atom is -0.448 e. The number of fused-ring (bicyclic) bond motifs is 1. The highest BCUT2D eigenvalue weighted by molar-refractivity contribution is 6.01. The molecule has 5 heteroatoms. The summed E-state index contributed by atoms with van der Waals surface area (Å²) in [5.41, 5.74) is 2.29. The molecule has 23 heavy (non-hydrogen) atoms. The predicted molar refractivity (Wildman–Crippen MR) is 84.4 cm³/mol. The Bertz CT molecular complexity index is 797. The van der Waals surface area contributed by atoms with E-state index in [9.17, 15) is 14.4 Å². The van der Waals surface area contributed by atoms with Crippen LogP contribution in [0.4, 0.5) is 5.69 Å². The molecule has 0 spiro atoms. The van der Waals surface area contributed by atoms with Gasteiger partial charge in [0.15, 0.2) is 11.9 Å². The van der Waals surface area contributed by atoms with E-state index >= 15 is 0 Å². The van der Waals surface area contributed by atoms with Crippen molar-refractivity contribution in [2.75, 3.05) is 5.32 Å². The van der Waals surface area contributed by atoms with Crippen LogP contribution in [0.5, 0.6) is 0 Å². The molecule has 3 rings (SSSR count). The van der Waals surface area contributed by atoms with E-state index < -0.39 is 18.0 Å². The highest BCUT2D eigenvalue weighted by Gasteiger charge is 2.31. The van der Waals surface area contributed by atoms with Gasteiger partial charge in [0.25, 0.3) is 5.91 Å². The molecule has 2 aromatic rings. The molecule has 1 heterocycles. The monoisotopic (exact) mass is 309 g/mol. The molecule has 116 valence electrons. The van der Waals surface area contributed by atoms with E-state index in [4.69, 9.17) is 4.74 Å². The molecule has 5 nitrogen and oxygen atoms in total. The smallest absolute Gasteiger partial charge is 0.339 e. The molecule has 0 unspecified atom stereocenters. The lowest BCUT2D eigenvalue weighted by Gasteiger charge is -2.23. The summed E-state index contributed by atoms with van der Waals surface area (Å²) in [7, 11) is 0. The fourth-order valence-corrected chi connectivity index (χ4v) is 2.52. The number of benzene rings is 2. The Morgan fingerprint density at radius 3 is 2.70 bits per heavy atom. The average molecular weight is 309 g/mol. The van der Waals surface area contributed by atoms with Gasteiger partial charge in [-0.1, -0.05) is 30.3 Å². The molecule has 1 aliphatic rings. The first-order valence-corrected chi connectivity index (χ1v) is 7.25. The average Bonchev–Trinajstić information content (AvgIpc) is 2.55. The molecule has 1 aliphatic heterocycles. The van der Waals surface area contributed by atoms with Gasteiger partial charge >= 0.3 is 5.97 Å². The van der Waals surface area contributed by atoms with Crippen LogP contribution in [0.25, 0.3) is 0 Å². The molecule has 0 fully saturated rings. The normalized spacial score (nSPS) is 16.2. The maximum atomic E-state index is 12.3. The second-order valence-corrected chi connectivity index (χ2v) is 5.38. The van der Waals surface area contributed by atoms with Crippen LogP contribution in [0.2, 0.25) is 0 Å². The third-order valence-electron chi connectivity index (χ3n) is 3.72. The lowest BCUT2D eigenvalue weighted by atomic mass is 9.98. The molecule has 2 aromatic carbocycles. The lowest BCUT2D eigenvalue weighted by molar-refractivity contribution is -0.125. The van der Waals surface area contributed by atoms with Gasteiger partial charge in [-0.25, -0.2) is 4.79 Å². The number of carbonyl (C=O) groups is 3. The number of rotatable bonds is 3. The number of hydrogen-bond acceptors (Lipinski definition) is 4. The molecule has 0 aromatic heterocycles. The quantitative estimate of drug-likeness (QED) is 0.699. The van der Waals surface area contributed by atoms with Gasteiger partial charge in [-0.05, 0) is 30.7 Å². The topological polar surface area (TPSA) is 72.5 Å². The fourth-order valence-electron chi connectivity index (χ4n) is 2.52. The summed E-state index contributed by atoms with van der Waals surface area (Å²) in [5, 5.41) is 2.69. The van der Waals surface area contributed by atoms with Crippen LogP contribution < -0.4 is 5.32 Å². The van der Waals surface area contributed by atoms with Crippen molar-refractivity contribution in [3.05, 3.63) is 65.2 Å². The van der Waals surface area contributed by atoms with Gasteiger partial charge in [-0.15, -0.1) is 0 Å². The van der Waals surface area contributed by atoms with E-state index in [1.807, 2.05) is 12.1 Å². The Labute approximate surface area is 133 Å². The van der Waals surface area contributed by atoms with Crippen molar-refractivity contribution in [1.29, 1.82) is 0 Å². The van der Waals surface area contributed by atoms with Crippen LogP contribution in [-0.4, -0.2) is 23.8 Å². The van der Waals surface area contributed by atoms with Crippen molar-refractivity contribution >= 4 is 23.3 Å². The molecular weight excluding hydrogens is 294 g/mol. The molecular formula is C18H15NO4. The van der Waals surface area contributed by atoms with Crippen molar-refractivity contribution in [2.24, 2.45) is 0 Å². The maximum Gasteiger partial charge on any atom is 0.339 e. The van der Waals surface area contributed by atoms with Crippen molar-refractivity contribution in [2.45, 2.75) is 19.4 Å². The zero-order valence-corrected chi connectivity index (χ0v) is 12.5. The minimum absolute atomic E-state index is 0.0841. The summed E-state index contributed by atoms with van der Waals surface area (Å²) in [6.45, 7) is 1.46. The van der Waals surface area contributed by atoms with Crippen LogP contribution in [0.3, 0.4) is 0 Å². The minimum atomic E-state index is -0.876. The summed E-state index contributed by atoms with van der Waals surface area (Å²) in [4.78, 5) is 35.7. The van der Waals surface area contributed by atoms with E-state index in [1.165, 1.54) is 6.92 Å². The van der Waals surface area contributed by atoms with Gasteiger partial charge in [0.1, 0.15) is 0 Å². The standard InChI is InChI=1S/C18H15NO4/c1-11(20)12-6-4-7-14(9-12)19-17(21)16-10-13-5-2-3-8-15(13)18(22)23-16/h2-9,16H,10H2,1H3,(H,19,21)/t16-/m1/s1. The Morgan fingerprint density at radius 2 is 1.91 bits per heavy atom. The number of esters is 1. The number of hydrogen-bond donors (Lipinski definition) is 1. The van der Waals surface area contributed by atoms with Crippen molar-refractivity contribution in [3.63, 3.8) is 0 Å². The van der Waals surface area contributed by atoms with E-state index in [-0.39, 0.29) is 5.78 Å². The number of Topliss-reactive ketones (excluding diaryl/α,β-unsaturated/α-hetero) is 1. The number of carbonyl (C=O) groups excluding carboxylic acids is 3. The third-order valence-corrected chi connectivity index (χ3v) is 3.72. The van der Waals surface area contributed by atoms with E-state index in [0.29, 0.717) is 23.2 Å². The molecule has 0 radical (unpaired) electrons. The van der Waals surface area contributed by atoms with E-state index in [0.717, 1.165) is 5.56 Å².